The number of rotatable bonds is 10. The number of aromatic amines is 1. The molecular formula is C24H34N4Na2O2. The van der Waals surface area contributed by atoms with Crippen LogP contribution in [0.1, 0.15) is 66.3 Å². The second-order valence-electron chi connectivity index (χ2n) is 8.42. The SMILES string of the molecule is CCc1cc(-c2ccccc2C)c(O)cc1OCCCCCC(C)(C)c1nn[nH]n1.[H-].[H-].[Na+].[Na+]. The van der Waals surface area contributed by atoms with Crippen LogP contribution in [0.5, 0.6) is 11.5 Å². The Bertz CT molecular complexity index is 974. The van der Waals surface area contributed by atoms with Gasteiger partial charge in [-0.25, -0.2) is 0 Å². The molecule has 0 aliphatic rings. The number of aromatic hydroxyl groups is 1. The van der Waals surface area contributed by atoms with Crippen LogP contribution >= 0.6 is 0 Å². The van der Waals surface area contributed by atoms with E-state index in [1.165, 1.54) is 0 Å². The molecule has 3 rings (SSSR count). The zero-order valence-corrected chi connectivity index (χ0v) is 24.4. The molecule has 0 bridgehead atoms. The van der Waals surface area contributed by atoms with Crippen LogP contribution in [0, 0.1) is 6.92 Å². The van der Waals surface area contributed by atoms with E-state index in [0.717, 1.165) is 65.9 Å². The second kappa shape index (κ2) is 13.7. The number of phenols is 1. The van der Waals surface area contributed by atoms with Crippen LogP contribution in [0.15, 0.2) is 36.4 Å². The number of H-pyrrole nitrogens is 1. The average molecular weight is 457 g/mol. The van der Waals surface area contributed by atoms with E-state index in [-0.39, 0.29) is 73.1 Å². The van der Waals surface area contributed by atoms with E-state index in [0.29, 0.717) is 6.61 Å². The van der Waals surface area contributed by atoms with Gasteiger partial charge in [-0.05, 0) is 48.9 Å². The average Bonchev–Trinajstić information content (AvgIpc) is 3.27. The molecule has 1 heterocycles. The molecule has 0 radical (unpaired) electrons. The topological polar surface area (TPSA) is 83.9 Å². The van der Waals surface area contributed by atoms with E-state index in [1.54, 1.807) is 6.07 Å². The minimum absolute atomic E-state index is 0. The van der Waals surface area contributed by atoms with Crippen LogP contribution in [0.25, 0.3) is 11.1 Å². The Labute approximate surface area is 238 Å². The van der Waals surface area contributed by atoms with Gasteiger partial charge < -0.3 is 12.7 Å². The first-order valence-corrected chi connectivity index (χ1v) is 10.7. The van der Waals surface area contributed by atoms with Crippen molar-refractivity contribution in [3.8, 4) is 22.6 Å². The van der Waals surface area contributed by atoms with Crippen LogP contribution in [-0.2, 0) is 11.8 Å². The van der Waals surface area contributed by atoms with Gasteiger partial charge in [-0.1, -0.05) is 63.1 Å². The van der Waals surface area contributed by atoms with Crippen molar-refractivity contribution in [1.29, 1.82) is 0 Å². The predicted molar refractivity (Wildman–Crippen MR) is 121 cm³/mol. The molecule has 0 saturated carbocycles. The third kappa shape index (κ3) is 7.57. The van der Waals surface area contributed by atoms with E-state index in [4.69, 9.17) is 4.74 Å². The number of nitrogens with zero attached hydrogens (tertiary/aromatic N) is 3. The number of hydrogen-bond acceptors (Lipinski definition) is 5. The minimum Gasteiger partial charge on any atom is -1.00 e. The van der Waals surface area contributed by atoms with Gasteiger partial charge in [0.05, 0.1) is 6.61 Å². The second-order valence-corrected chi connectivity index (χ2v) is 8.42. The number of tetrazole rings is 1. The summed E-state index contributed by atoms with van der Waals surface area (Å²) in [6.45, 7) is 9.09. The van der Waals surface area contributed by atoms with Crippen LogP contribution < -0.4 is 63.9 Å². The first kappa shape index (κ1) is 29.1. The molecule has 164 valence electrons. The third-order valence-electron chi connectivity index (χ3n) is 5.65. The Balaban J connectivity index is 0. The van der Waals surface area contributed by atoms with Gasteiger partial charge in [0.1, 0.15) is 11.5 Å². The molecule has 0 saturated heterocycles. The van der Waals surface area contributed by atoms with Gasteiger partial charge in [-0.3, -0.25) is 0 Å². The molecule has 0 aliphatic carbocycles. The Morgan fingerprint density at radius 2 is 1.81 bits per heavy atom. The number of aromatic nitrogens is 4. The Morgan fingerprint density at radius 3 is 2.47 bits per heavy atom. The van der Waals surface area contributed by atoms with Crippen LogP contribution in [-0.4, -0.2) is 32.3 Å². The van der Waals surface area contributed by atoms with Crippen molar-refractivity contribution in [2.45, 2.75) is 65.2 Å². The maximum Gasteiger partial charge on any atom is 1.00 e. The Morgan fingerprint density at radius 1 is 1.06 bits per heavy atom. The summed E-state index contributed by atoms with van der Waals surface area (Å²) in [6, 6.07) is 11.9. The van der Waals surface area contributed by atoms with Crippen molar-refractivity contribution in [3.05, 3.63) is 53.3 Å². The minimum atomic E-state index is -0.0829. The Hall–Kier alpha value is -0.890. The standard InChI is InChI=1S/C24H32N4O2.2Na.2H/c1-5-18-15-20(19-12-8-7-11-17(19)2)21(29)16-22(18)30-14-10-6-9-13-24(3,4)23-25-27-28-26-23;;;;/h7-8,11-12,15-16,29H,5-6,9-10,13-14H2,1-4H3,(H,25,26,27,28);;;;/q;2*+1;2*-1. The summed E-state index contributed by atoms with van der Waals surface area (Å²) in [4.78, 5) is 0. The molecule has 2 aromatic carbocycles. The van der Waals surface area contributed by atoms with Crippen molar-refractivity contribution >= 4 is 0 Å². The molecule has 0 atom stereocenters. The summed E-state index contributed by atoms with van der Waals surface area (Å²) in [5, 5.41) is 25.0. The fourth-order valence-electron chi connectivity index (χ4n) is 3.70. The molecule has 3 aromatic rings. The molecule has 8 heteroatoms. The van der Waals surface area contributed by atoms with E-state index >= 15 is 0 Å². The number of benzene rings is 2. The van der Waals surface area contributed by atoms with Gasteiger partial charge in [-0.15, -0.1) is 10.2 Å². The van der Waals surface area contributed by atoms with Crippen LogP contribution in [0.3, 0.4) is 0 Å². The molecule has 0 spiro atoms. The van der Waals surface area contributed by atoms with E-state index in [2.05, 4.69) is 60.5 Å². The summed E-state index contributed by atoms with van der Waals surface area (Å²) in [5.41, 5.74) is 4.10. The first-order chi connectivity index (χ1) is 14.4. The predicted octanol–water partition coefficient (Wildman–Crippen LogP) is -0.407. The van der Waals surface area contributed by atoms with Crippen molar-refractivity contribution in [3.63, 3.8) is 0 Å². The molecule has 6 nitrogen and oxygen atoms in total. The summed E-state index contributed by atoms with van der Waals surface area (Å²) < 4.78 is 6.03. The molecule has 1 aromatic heterocycles. The van der Waals surface area contributed by atoms with Gasteiger partial charge >= 0.3 is 59.1 Å². The van der Waals surface area contributed by atoms with Crippen molar-refractivity contribution < 1.29 is 71.8 Å². The Kier molecular flexibility index (Phi) is 12.5. The maximum atomic E-state index is 10.6. The fourth-order valence-corrected chi connectivity index (χ4v) is 3.70. The molecular weight excluding hydrogens is 422 g/mol. The summed E-state index contributed by atoms with van der Waals surface area (Å²) in [6.07, 6.45) is 4.96. The quantitative estimate of drug-likeness (QED) is 0.320. The number of hydrogen-bond donors (Lipinski definition) is 2. The van der Waals surface area contributed by atoms with Gasteiger partial charge in [-0.2, -0.15) is 5.21 Å². The van der Waals surface area contributed by atoms with E-state index in [9.17, 15) is 5.11 Å². The van der Waals surface area contributed by atoms with E-state index in [1.807, 2.05) is 18.2 Å². The molecule has 0 fully saturated rings. The van der Waals surface area contributed by atoms with Gasteiger partial charge in [0, 0.05) is 17.0 Å². The van der Waals surface area contributed by atoms with Crippen molar-refractivity contribution in [1.82, 2.24) is 20.6 Å². The van der Waals surface area contributed by atoms with Crippen LogP contribution in [0.4, 0.5) is 0 Å². The summed E-state index contributed by atoms with van der Waals surface area (Å²) in [7, 11) is 0. The van der Waals surface area contributed by atoms with Crippen molar-refractivity contribution in [2.24, 2.45) is 0 Å². The summed E-state index contributed by atoms with van der Waals surface area (Å²) in [5.74, 6) is 1.80. The third-order valence-corrected chi connectivity index (χ3v) is 5.65. The number of aryl methyl sites for hydroxylation is 2. The summed E-state index contributed by atoms with van der Waals surface area (Å²) >= 11 is 0. The van der Waals surface area contributed by atoms with Crippen molar-refractivity contribution in [2.75, 3.05) is 6.61 Å². The smallest absolute Gasteiger partial charge is 1.00 e. The maximum absolute atomic E-state index is 10.6. The van der Waals surface area contributed by atoms with Gasteiger partial charge in [0.25, 0.3) is 0 Å². The number of ether oxygens (including phenoxy) is 1. The molecule has 0 amide bonds. The molecule has 0 aliphatic heterocycles. The number of nitrogens with one attached hydrogen (secondary N) is 1. The molecule has 0 unspecified atom stereocenters. The number of unbranched alkanes of at least 4 members (excludes halogenated alkanes) is 2. The van der Waals surface area contributed by atoms with Crippen LogP contribution in [0.2, 0.25) is 0 Å². The molecule has 32 heavy (non-hydrogen) atoms. The van der Waals surface area contributed by atoms with E-state index < -0.39 is 0 Å². The normalized spacial score (nSPS) is 10.9. The van der Waals surface area contributed by atoms with Gasteiger partial charge in [0.15, 0.2) is 5.82 Å². The molecule has 2 N–H and O–H groups in total. The fraction of sp³-hybridized carbons (Fsp3) is 0.458. The first-order valence-electron chi connectivity index (χ1n) is 10.7. The zero-order chi connectivity index (χ0) is 21.6. The zero-order valence-electron chi connectivity index (χ0n) is 22.4. The van der Waals surface area contributed by atoms with Gasteiger partial charge in [0.2, 0.25) is 0 Å². The largest absolute Gasteiger partial charge is 1.00 e. The monoisotopic (exact) mass is 456 g/mol. The number of phenolic OH excluding ortho intramolecular Hbond substituents is 1.